The van der Waals surface area contributed by atoms with E-state index in [-0.39, 0.29) is 12.5 Å². The first-order valence-electron chi connectivity index (χ1n) is 11.2. The third kappa shape index (κ3) is 4.82. The van der Waals surface area contributed by atoms with Crippen LogP contribution in [-0.4, -0.2) is 45.3 Å². The molecular formula is C26H21ClIN3O5. The molecule has 1 aliphatic heterocycles. The zero-order valence-corrected chi connectivity index (χ0v) is 22.0. The maximum atomic E-state index is 12.9. The molecule has 0 radical (unpaired) electrons. The van der Waals surface area contributed by atoms with Crippen molar-refractivity contribution in [1.29, 1.82) is 0 Å². The summed E-state index contributed by atoms with van der Waals surface area (Å²) in [6.45, 7) is 1.83. The SMILES string of the molecule is C[C@H]1[C@H](OC(=O)c2ccccc2)[C@@H](COC(=O)c2ccccc2)O[C@H]1n1cc(I)c2c(Cl)ncnc21. The van der Waals surface area contributed by atoms with Crippen molar-refractivity contribution in [1.82, 2.24) is 14.5 Å². The molecule has 184 valence electrons. The molecule has 0 unspecified atom stereocenters. The maximum absolute atomic E-state index is 12.9. The lowest BCUT2D eigenvalue weighted by Gasteiger charge is -2.21. The molecule has 10 heteroatoms. The first kappa shape index (κ1) is 24.7. The van der Waals surface area contributed by atoms with Gasteiger partial charge in [-0.25, -0.2) is 19.6 Å². The first-order valence-corrected chi connectivity index (χ1v) is 12.7. The largest absolute Gasteiger partial charge is 0.459 e. The smallest absolute Gasteiger partial charge is 0.338 e. The van der Waals surface area contributed by atoms with Gasteiger partial charge in [0.2, 0.25) is 0 Å². The minimum absolute atomic E-state index is 0.0899. The van der Waals surface area contributed by atoms with E-state index in [0.29, 0.717) is 27.3 Å². The summed E-state index contributed by atoms with van der Waals surface area (Å²) in [7, 11) is 0. The number of hydrogen-bond donors (Lipinski definition) is 0. The topological polar surface area (TPSA) is 92.5 Å². The van der Waals surface area contributed by atoms with Crippen molar-refractivity contribution in [3.8, 4) is 0 Å². The minimum atomic E-state index is -0.697. The highest BCUT2D eigenvalue weighted by Crippen LogP contribution is 2.40. The summed E-state index contributed by atoms with van der Waals surface area (Å²) >= 11 is 8.49. The van der Waals surface area contributed by atoms with Gasteiger partial charge in [-0.2, -0.15) is 0 Å². The molecule has 5 rings (SSSR count). The number of esters is 2. The van der Waals surface area contributed by atoms with Gasteiger partial charge >= 0.3 is 11.9 Å². The van der Waals surface area contributed by atoms with Crippen LogP contribution in [0, 0.1) is 9.49 Å². The van der Waals surface area contributed by atoms with Gasteiger partial charge in [-0.05, 0) is 46.9 Å². The van der Waals surface area contributed by atoms with Crippen molar-refractivity contribution in [2.45, 2.75) is 25.4 Å². The Morgan fingerprint density at radius 3 is 2.33 bits per heavy atom. The number of hydrogen-bond acceptors (Lipinski definition) is 7. The van der Waals surface area contributed by atoms with Gasteiger partial charge in [0, 0.05) is 15.7 Å². The third-order valence-electron chi connectivity index (χ3n) is 6.08. The van der Waals surface area contributed by atoms with Crippen LogP contribution >= 0.6 is 34.2 Å². The summed E-state index contributed by atoms with van der Waals surface area (Å²) in [6, 6.07) is 17.4. The lowest BCUT2D eigenvalue weighted by molar-refractivity contribution is -0.0566. The van der Waals surface area contributed by atoms with Gasteiger partial charge in [0.25, 0.3) is 0 Å². The molecule has 3 heterocycles. The van der Waals surface area contributed by atoms with Gasteiger partial charge in [0.15, 0.2) is 0 Å². The zero-order valence-electron chi connectivity index (χ0n) is 19.1. The number of ether oxygens (including phenoxy) is 3. The number of halogens is 2. The predicted molar refractivity (Wildman–Crippen MR) is 141 cm³/mol. The van der Waals surface area contributed by atoms with Gasteiger partial charge in [-0.3, -0.25) is 0 Å². The van der Waals surface area contributed by atoms with Gasteiger partial charge in [0.1, 0.15) is 42.2 Å². The molecule has 1 fully saturated rings. The van der Waals surface area contributed by atoms with Crippen molar-refractivity contribution in [2.24, 2.45) is 5.92 Å². The van der Waals surface area contributed by atoms with Crippen molar-refractivity contribution in [3.05, 3.63) is 93.0 Å². The highest BCUT2D eigenvalue weighted by molar-refractivity contribution is 14.1. The fraction of sp³-hybridized carbons (Fsp3) is 0.231. The summed E-state index contributed by atoms with van der Waals surface area (Å²) in [4.78, 5) is 34.0. The highest BCUT2D eigenvalue weighted by atomic mass is 127. The van der Waals surface area contributed by atoms with Crippen LogP contribution in [0.5, 0.6) is 0 Å². The number of carbonyl (C=O) groups is 2. The number of nitrogens with zero attached hydrogens (tertiary/aromatic N) is 3. The van der Waals surface area contributed by atoms with Gasteiger partial charge in [-0.1, -0.05) is 54.9 Å². The summed E-state index contributed by atoms with van der Waals surface area (Å²) in [6.07, 6.45) is 1.34. The summed E-state index contributed by atoms with van der Waals surface area (Å²) in [5.74, 6) is -1.25. The van der Waals surface area contributed by atoms with Crippen LogP contribution in [0.3, 0.4) is 0 Å². The molecule has 4 aromatic rings. The molecule has 0 spiro atoms. The van der Waals surface area contributed by atoms with E-state index >= 15 is 0 Å². The van der Waals surface area contributed by atoms with Crippen LogP contribution in [0.25, 0.3) is 11.0 Å². The molecule has 4 atom stereocenters. The van der Waals surface area contributed by atoms with E-state index in [0.717, 1.165) is 3.57 Å². The Bertz CT molecular complexity index is 1400. The molecule has 0 bridgehead atoms. The normalized spacial score (nSPS) is 21.4. The molecule has 2 aromatic carbocycles. The number of benzene rings is 2. The monoisotopic (exact) mass is 617 g/mol. The number of carbonyl (C=O) groups excluding carboxylic acids is 2. The van der Waals surface area contributed by atoms with Gasteiger partial charge in [0.05, 0.1) is 16.5 Å². The predicted octanol–water partition coefficient (Wildman–Crippen LogP) is 5.31. The van der Waals surface area contributed by atoms with Crippen LogP contribution in [0.2, 0.25) is 5.15 Å². The number of rotatable bonds is 6. The molecule has 0 aliphatic carbocycles. The fourth-order valence-corrected chi connectivity index (χ4v) is 5.48. The Morgan fingerprint density at radius 2 is 1.67 bits per heavy atom. The van der Waals surface area contributed by atoms with Crippen molar-refractivity contribution in [2.75, 3.05) is 6.61 Å². The van der Waals surface area contributed by atoms with E-state index in [1.807, 2.05) is 29.8 Å². The van der Waals surface area contributed by atoms with E-state index in [4.69, 9.17) is 25.8 Å². The minimum Gasteiger partial charge on any atom is -0.459 e. The quantitative estimate of drug-likeness (QED) is 0.165. The molecule has 36 heavy (non-hydrogen) atoms. The third-order valence-corrected chi connectivity index (χ3v) is 7.18. The molecule has 8 nitrogen and oxygen atoms in total. The van der Waals surface area contributed by atoms with Crippen LogP contribution in [-0.2, 0) is 14.2 Å². The van der Waals surface area contributed by atoms with Crippen LogP contribution in [0.1, 0.15) is 33.9 Å². The highest BCUT2D eigenvalue weighted by Gasteiger charge is 2.46. The fourth-order valence-electron chi connectivity index (χ4n) is 4.30. The Hall–Kier alpha value is -3.02. The molecule has 1 aliphatic rings. The lowest BCUT2D eigenvalue weighted by Crippen LogP contribution is -2.35. The van der Waals surface area contributed by atoms with Gasteiger partial charge < -0.3 is 18.8 Å². The van der Waals surface area contributed by atoms with Crippen molar-refractivity contribution in [3.63, 3.8) is 0 Å². The zero-order chi connectivity index (χ0) is 25.2. The molecular weight excluding hydrogens is 597 g/mol. The summed E-state index contributed by atoms with van der Waals surface area (Å²) in [5.41, 5.74) is 1.45. The Morgan fingerprint density at radius 1 is 1.03 bits per heavy atom. The standard InChI is InChI=1S/C26H21ClIN3O5/c1-15-21(36-26(33)17-10-6-3-7-11-17)19(13-34-25(32)16-8-4-2-5-9-16)35-24(15)31-12-18(28)20-22(27)29-14-30-23(20)31/h2-12,14-15,19,21,24H,13H2,1H3/t15-,19+,21-,24+/m0/s1. The molecule has 0 amide bonds. The second-order valence-electron chi connectivity index (χ2n) is 8.37. The van der Waals surface area contributed by atoms with Crippen LogP contribution < -0.4 is 0 Å². The second-order valence-corrected chi connectivity index (χ2v) is 9.89. The molecule has 2 aromatic heterocycles. The summed E-state index contributed by atoms with van der Waals surface area (Å²) < 4.78 is 20.6. The Balaban J connectivity index is 1.43. The number of fused-ring (bicyclic) bond motifs is 1. The average molecular weight is 618 g/mol. The van der Waals surface area contributed by atoms with Crippen molar-refractivity contribution < 1.29 is 23.8 Å². The van der Waals surface area contributed by atoms with E-state index < -0.39 is 30.4 Å². The second kappa shape index (κ2) is 10.5. The summed E-state index contributed by atoms with van der Waals surface area (Å²) in [5, 5.41) is 1.06. The van der Waals surface area contributed by atoms with Crippen molar-refractivity contribution >= 4 is 57.2 Å². The van der Waals surface area contributed by atoms with E-state index in [1.165, 1.54) is 6.33 Å². The lowest BCUT2D eigenvalue weighted by atomic mass is 10.0. The van der Waals surface area contributed by atoms with Crippen LogP contribution in [0.4, 0.5) is 0 Å². The maximum Gasteiger partial charge on any atom is 0.338 e. The Kier molecular flexibility index (Phi) is 7.22. The van der Waals surface area contributed by atoms with Gasteiger partial charge in [-0.15, -0.1) is 0 Å². The van der Waals surface area contributed by atoms with Crippen LogP contribution in [0.15, 0.2) is 73.2 Å². The molecule has 0 saturated carbocycles. The number of aromatic nitrogens is 3. The van der Waals surface area contributed by atoms with E-state index in [2.05, 4.69) is 32.6 Å². The molecule has 1 saturated heterocycles. The average Bonchev–Trinajstić information content (AvgIpc) is 3.40. The Labute approximate surface area is 225 Å². The molecule has 0 N–H and O–H groups in total. The van der Waals surface area contributed by atoms with E-state index in [9.17, 15) is 9.59 Å². The first-order chi connectivity index (χ1) is 17.4. The van der Waals surface area contributed by atoms with E-state index in [1.54, 1.807) is 48.5 Å².